The van der Waals surface area contributed by atoms with E-state index in [9.17, 15) is 0 Å². The third-order valence-corrected chi connectivity index (χ3v) is 2.35. The second kappa shape index (κ2) is 6.52. The third kappa shape index (κ3) is 3.86. The fourth-order valence-corrected chi connectivity index (χ4v) is 1.35. The van der Waals surface area contributed by atoms with Gasteiger partial charge in [-0.15, -0.1) is 0 Å². The van der Waals surface area contributed by atoms with Crippen molar-refractivity contribution in [2.45, 2.75) is 46.0 Å². The van der Waals surface area contributed by atoms with Gasteiger partial charge in [0.15, 0.2) is 0 Å². The summed E-state index contributed by atoms with van der Waals surface area (Å²) in [7, 11) is 0. The summed E-state index contributed by atoms with van der Waals surface area (Å²) in [6.07, 6.45) is 12.1. The minimum absolute atomic E-state index is 0.991. The maximum absolute atomic E-state index is 5.47. The highest BCUT2D eigenvalue weighted by molar-refractivity contribution is 5.17. The van der Waals surface area contributed by atoms with Crippen LogP contribution < -0.4 is 0 Å². The van der Waals surface area contributed by atoms with Gasteiger partial charge in [-0.2, -0.15) is 0 Å². The number of hydroxylamine groups is 2. The summed E-state index contributed by atoms with van der Waals surface area (Å²) >= 11 is 0. The molecule has 1 aliphatic heterocycles. The van der Waals surface area contributed by atoms with Crippen molar-refractivity contribution in [3.63, 3.8) is 0 Å². The minimum atomic E-state index is 0.991. The Balaban J connectivity index is 2.22. The van der Waals surface area contributed by atoms with Crippen LogP contribution in [0.25, 0.3) is 0 Å². The topological polar surface area (TPSA) is 12.5 Å². The predicted molar refractivity (Wildman–Crippen MR) is 59.4 cm³/mol. The number of unbranched alkanes of at least 4 members (excludes halogenated alkanes) is 2. The zero-order valence-corrected chi connectivity index (χ0v) is 9.33. The van der Waals surface area contributed by atoms with E-state index < -0.39 is 0 Å². The molecule has 80 valence electrons. The third-order valence-electron chi connectivity index (χ3n) is 2.35. The van der Waals surface area contributed by atoms with E-state index >= 15 is 0 Å². The van der Waals surface area contributed by atoms with Crippen molar-refractivity contribution < 1.29 is 4.84 Å². The van der Waals surface area contributed by atoms with Crippen LogP contribution in [0.4, 0.5) is 0 Å². The van der Waals surface area contributed by atoms with Crippen LogP contribution in [0.1, 0.15) is 46.0 Å². The van der Waals surface area contributed by atoms with E-state index in [1.54, 1.807) is 0 Å². The van der Waals surface area contributed by atoms with Crippen LogP contribution in [0.15, 0.2) is 24.1 Å². The first-order valence-electron chi connectivity index (χ1n) is 5.67. The van der Waals surface area contributed by atoms with E-state index in [4.69, 9.17) is 4.84 Å². The molecule has 0 N–H and O–H groups in total. The number of nitrogens with zero attached hydrogens (tertiary/aromatic N) is 1. The number of hydrogen-bond acceptors (Lipinski definition) is 2. The van der Waals surface area contributed by atoms with Gasteiger partial charge in [0.1, 0.15) is 6.26 Å². The molecule has 0 amide bonds. The van der Waals surface area contributed by atoms with E-state index in [0.29, 0.717) is 0 Å². The molecular formula is C12H21NO. The van der Waals surface area contributed by atoms with Gasteiger partial charge in [-0.1, -0.05) is 26.7 Å². The summed E-state index contributed by atoms with van der Waals surface area (Å²) in [6, 6.07) is 0. The summed E-state index contributed by atoms with van der Waals surface area (Å²) < 4.78 is 0. The molecule has 2 heteroatoms. The molecule has 0 saturated carbocycles. The first-order valence-corrected chi connectivity index (χ1v) is 5.67. The Labute approximate surface area is 87.2 Å². The van der Waals surface area contributed by atoms with Crippen molar-refractivity contribution >= 4 is 0 Å². The van der Waals surface area contributed by atoms with E-state index in [-0.39, 0.29) is 0 Å². The van der Waals surface area contributed by atoms with Gasteiger partial charge in [0.25, 0.3) is 0 Å². The van der Waals surface area contributed by atoms with Crippen molar-refractivity contribution in [1.29, 1.82) is 0 Å². The average Bonchev–Trinajstić information content (AvgIpc) is 2.25. The first kappa shape index (κ1) is 11.2. The van der Waals surface area contributed by atoms with Crippen molar-refractivity contribution in [2.24, 2.45) is 0 Å². The number of hydrogen-bond donors (Lipinski definition) is 0. The van der Waals surface area contributed by atoms with Crippen molar-refractivity contribution in [1.82, 2.24) is 5.06 Å². The van der Waals surface area contributed by atoms with Crippen LogP contribution in [-0.2, 0) is 4.84 Å². The second-order valence-electron chi connectivity index (χ2n) is 3.71. The fourth-order valence-electron chi connectivity index (χ4n) is 1.35. The largest absolute Gasteiger partial charge is 0.388 e. The van der Waals surface area contributed by atoms with Crippen LogP contribution >= 0.6 is 0 Å². The lowest BCUT2D eigenvalue weighted by molar-refractivity contribution is -0.0618. The lowest BCUT2D eigenvalue weighted by Gasteiger charge is -2.21. The van der Waals surface area contributed by atoms with Gasteiger partial charge in [0.05, 0.1) is 6.54 Å². The molecule has 0 radical (unpaired) electrons. The van der Waals surface area contributed by atoms with E-state index in [0.717, 1.165) is 13.0 Å². The Bertz CT molecular complexity index is 208. The van der Waals surface area contributed by atoms with Crippen LogP contribution in [0.3, 0.4) is 0 Å². The summed E-state index contributed by atoms with van der Waals surface area (Å²) in [6.45, 7) is 5.39. The fraction of sp³-hybridized carbons (Fsp3) is 0.667. The summed E-state index contributed by atoms with van der Waals surface area (Å²) in [5.74, 6) is 0. The zero-order chi connectivity index (χ0) is 10.2. The van der Waals surface area contributed by atoms with Crippen LogP contribution in [0, 0.1) is 0 Å². The maximum Gasteiger partial charge on any atom is 0.122 e. The molecule has 0 bridgehead atoms. The molecule has 0 atom stereocenters. The van der Waals surface area contributed by atoms with Gasteiger partial charge in [-0.05, 0) is 30.9 Å². The monoisotopic (exact) mass is 195 g/mol. The van der Waals surface area contributed by atoms with Crippen molar-refractivity contribution in [3.8, 4) is 0 Å². The van der Waals surface area contributed by atoms with Crippen molar-refractivity contribution in [2.75, 3.05) is 6.54 Å². The Morgan fingerprint density at radius 2 is 2.00 bits per heavy atom. The molecule has 0 unspecified atom stereocenters. The predicted octanol–water partition coefficient (Wildman–Crippen LogP) is 3.62. The first-order chi connectivity index (χ1) is 6.86. The smallest absolute Gasteiger partial charge is 0.122 e. The standard InChI is InChI=1S/C12H21NO/c1-3-5-7-12-8-10-13(14-11-12)9-6-4-2/h8,10-11H,3-7,9H2,1-2H3. The maximum atomic E-state index is 5.47. The molecule has 0 aromatic carbocycles. The van der Waals surface area contributed by atoms with E-state index in [1.807, 2.05) is 17.5 Å². The SMILES string of the molecule is CCCCC1=CON(CCCC)C=C1. The van der Waals surface area contributed by atoms with Gasteiger partial charge >= 0.3 is 0 Å². The Hall–Kier alpha value is -0.920. The molecule has 0 spiro atoms. The second-order valence-corrected chi connectivity index (χ2v) is 3.71. The molecule has 0 aromatic rings. The highest BCUT2D eigenvalue weighted by atomic mass is 16.7. The minimum Gasteiger partial charge on any atom is -0.388 e. The molecule has 0 saturated heterocycles. The Morgan fingerprint density at radius 3 is 2.57 bits per heavy atom. The number of rotatable bonds is 6. The number of allylic oxidation sites excluding steroid dienone is 2. The van der Waals surface area contributed by atoms with Gasteiger partial charge in [-0.3, -0.25) is 0 Å². The molecule has 1 aliphatic rings. The molecule has 14 heavy (non-hydrogen) atoms. The zero-order valence-electron chi connectivity index (χ0n) is 9.33. The summed E-state index contributed by atoms with van der Waals surface area (Å²) in [5.41, 5.74) is 1.31. The summed E-state index contributed by atoms with van der Waals surface area (Å²) in [4.78, 5) is 5.47. The lowest BCUT2D eigenvalue weighted by atomic mass is 10.1. The van der Waals surface area contributed by atoms with E-state index in [1.165, 1.54) is 31.3 Å². The molecular weight excluding hydrogens is 174 g/mol. The van der Waals surface area contributed by atoms with Crippen LogP contribution in [-0.4, -0.2) is 11.6 Å². The molecule has 1 heterocycles. The quantitative estimate of drug-likeness (QED) is 0.641. The molecule has 1 rings (SSSR count). The molecule has 0 fully saturated rings. The van der Waals surface area contributed by atoms with Gasteiger partial charge in [-0.25, -0.2) is 5.06 Å². The van der Waals surface area contributed by atoms with Gasteiger partial charge in [0, 0.05) is 6.20 Å². The Morgan fingerprint density at radius 1 is 1.21 bits per heavy atom. The van der Waals surface area contributed by atoms with Crippen LogP contribution in [0.5, 0.6) is 0 Å². The highest BCUT2D eigenvalue weighted by Crippen LogP contribution is 2.14. The summed E-state index contributed by atoms with van der Waals surface area (Å²) in [5, 5.41) is 1.90. The van der Waals surface area contributed by atoms with Crippen molar-refractivity contribution in [3.05, 3.63) is 24.1 Å². The molecule has 2 nitrogen and oxygen atoms in total. The highest BCUT2D eigenvalue weighted by Gasteiger charge is 2.04. The Kier molecular flexibility index (Phi) is 5.20. The van der Waals surface area contributed by atoms with Crippen LogP contribution in [0.2, 0.25) is 0 Å². The average molecular weight is 195 g/mol. The molecule has 0 aromatic heterocycles. The van der Waals surface area contributed by atoms with Gasteiger partial charge < -0.3 is 4.84 Å². The van der Waals surface area contributed by atoms with E-state index in [2.05, 4.69) is 19.9 Å². The van der Waals surface area contributed by atoms with Gasteiger partial charge in [0.2, 0.25) is 0 Å². The molecule has 0 aliphatic carbocycles. The normalized spacial score (nSPS) is 15.3. The lowest BCUT2D eigenvalue weighted by Crippen LogP contribution is -2.18.